The highest BCUT2D eigenvalue weighted by atomic mass is 16.5. The third-order valence-corrected chi connectivity index (χ3v) is 3.62. The Morgan fingerprint density at radius 3 is 2.42 bits per heavy atom. The summed E-state index contributed by atoms with van der Waals surface area (Å²) in [6.45, 7) is 3.11. The molecule has 130 valence electrons. The molecular weight excluding hydrogens is 306 g/mol. The first-order chi connectivity index (χ1) is 11.7. The van der Waals surface area contributed by atoms with Crippen LogP contribution in [0.3, 0.4) is 0 Å². The van der Waals surface area contributed by atoms with Gasteiger partial charge in [-0.2, -0.15) is 0 Å². The molecule has 0 radical (unpaired) electrons. The van der Waals surface area contributed by atoms with Gasteiger partial charge in [0.2, 0.25) is 0 Å². The minimum atomic E-state index is -0.986. The molecule has 2 unspecified atom stereocenters. The second kappa shape index (κ2) is 9.27. The topological polar surface area (TPSA) is 71.0 Å². The molecule has 24 heavy (non-hydrogen) atoms. The SMILES string of the molecule is CCOc1cc(C(O)C(O)CNC)ccc1OCc1ccccc1. The summed E-state index contributed by atoms with van der Waals surface area (Å²) in [5.41, 5.74) is 1.65. The van der Waals surface area contributed by atoms with Crippen molar-refractivity contribution in [3.05, 3.63) is 59.7 Å². The standard InChI is InChI=1S/C19H25NO4/c1-3-23-18-11-15(19(22)16(21)12-20-2)9-10-17(18)24-13-14-7-5-4-6-8-14/h4-11,16,19-22H,3,12-13H2,1-2H3. The highest BCUT2D eigenvalue weighted by molar-refractivity contribution is 5.44. The van der Waals surface area contributed by atoms with Crippen LogP contribution >= 0.6 is 0 Å². The molecule has 0 saturated heterocycles. The normalized spacial score (nSPS) is 13.3. The fourth-order valence-electron chi connectivity index (χ4n) is 2.37. The Morgan fingerprint density at radius 1 is 1.00 bits per heavy atom. The zero-order valence-electron chi connectivity index (χ0n) is 14.1. The Labute approximate surface area is 142 Å². The van der Waals surface area contributed by atoms with Gasteiger partial charge in [-0.25, -0.2) is 0 Å². The molecule has 2 rings (SSSR count). The van der Waals surface area contributed by atoms with Crippen LogP contribution in [-0.4, -0.2) is 36.5 Å². The zero-order chi connectivity index (χ0) is 17.4. The molecule has 0 saturated carbocycles. The van der Waals surface area contributed by atoms with Crippen molar-refractivity contribution in [2.45, 2.75) is 25.7 Å². The molecule has 5 nitrogen and oxygen atoms in total. The van der Waals surface area contributed by atoms with Gasteiger partial charge in [0.15, 0.2) is 11.5 Å². The molecule has 0 bridgehead atoms. The maximum atomic E-state index is 10.2. The first kappa shape index (κ1) is 18.3. The maximum Gasteiger partial charge on any atom is 0.161 e. The lowest BCUT2D eigenvalue weighted by atomic mass is 10.0. The largest absolute Gasteiger partial charge is 0.490 e. The fraction of sp³-hybridized carbons (Fsp3) is 0.368. The Hall–Kier alpha value is -2.08. The molecule has 0 spiro atoms. The summed E-state index contributed by atoms with van der Waals surface area (Å²) in [5, 5.41) is 23.0. The van der Waals surface area contributed by atoms with E-state index in [0.29, 0.717) is 36.8 Å². The van der Waals surface area contributed by atoms with Gasteiger partial charge in [-0.3, -0.25) is 0 Å². The Morgan fingerprint density at radius 2 is 1.75 bits per heavy atom. The first-order valence-corrected chi connectivity index (χ1v) is 8.10. The van der Waals surface area contributed by atoms with Crippen LogP contribution in [0.5, 0.6) is 11.5 Å². The lowest BCUT2D eigenvalue weighted by Crippen LogP contribution is -2.29. The molecule has 0 heterocycles. The van der Waals surface area contributed by atoms with E-state index in [4.69, 9.17) is 9.47 Å². The smallest absolute Gasteiger partial charge is 0.161 e. The number of benzene rings is 2. The van der Waals surface area contributed by atoms with Crippen LogP contribution in [0.15, 0.2) is 48.5 Å². The molecule has 0 fully saturated rings. The lowest BCUT2D eigenvalue weighted by Gasteiger charge is -2.20. The van der Waals surface area contributed by atoms with Crippen molar-refractivity contribution in [1.82, 2.24) is 5.32 Å². The van der Waals surface area contributed by atoms with Crippen molar-refractivity contribution in [3.8, 4) is 11.5 Å². The molecule has 2 aromatic carbocycles. The van der Waals surface area contributed by atoms with Crippen LogP contribution in [0.4, 0.5) is 0 Å². The van der Waals surface area contributed by atoms with Gasteiger partial charge in [-0.05, 0) is 37.2 Å². The summed E-state index contributed by atoms with van der Waals surface area (Å²) in [7, 11) is 1.72. The highest BCUT2D eigenvalue weighted by Gasteiger charge is 2.19. The van der Waals surface area contributed by atoms with E-state index in [0.717, 1.165) is 5.56 Å². The zero-order valence-corrected chi connectivity index (χ0v) is 14.1. The maximum absolute atomic E-state index is 10.2. The number of rotatable bonds is 9. The van der Waals surface area contributed by atoms with E-state index in [-0.39, 0.29) is 0 Å². The predicted octanol–water partition coefficient (Wildman–Crippen LogP) is 2.28. The number of nitrogens with one attached hydrogen (secondary N) is 1. The van der Waals surface area contributed by atoms with Gasteiger partial charge in [-0.1, -0.05) is 36.4 Å². The number of hydrogen-bond donors (Lipinski definition) is 3. The van der Waals surface area contributed by atoms with Crippen LogP contribution in [0.25, 0.3) is 0 Å². The van der Waals surface area contributed by atoms with E-state index >= 15 is 0 Å². The summed E-state index contributed by atoms with van der Waals surface area (Å²) >= 11 is 0. The van der Waals surface area contributed by atoms with Gasteiger partial charge >= 0.3 is 0 Å². The molecule has 0 aliphatic rings. The van der Waals surface area contributed by atoms with Crippen molar-refractivity contribution < 1.29 is 19.7 Å². The molecule has 2 aromatic rings. The molecule has 0 amide bonds. The van der Waals surface area contributed by atoms with E-state index in [1.54, 1.807) is 25.2 Å². The molecular formula is C19H25NO4. The minimum Gasteiger partial charge on any atom is -0.490 e. The van der Waals surface area contributed by atoms with Gasteiger partial charge in [0.05, 0.1) is 12.7 Å². The average molecular weight is 331 g/mol. The quantitative estimate of drug-likeness (QED) is 0.657. The van der Waals surface area contributed by atoms with Gasteiger partial charge in [0, 0.05) is 6.54 Å². The Kier molecular flexibility index (Phi) is 7.06. The number of ether oxygens (including phenoxy) is 2. The summed E-state index contributed by atoms with van der Waals surface area (Å²) in [6, 6.07) is 15.1. The third-order valence-electron chi connectivity index (χ3n) is 3.62. The van der Waals surface area contributed by atoms with Gasteiger partial charge in [0.25, 0.3) is 0 Å². The molecule has 0 aliphatic carbocycles. The number of aliphatic hydroxyl groups is 2. The highest BCUT2D eigenvalue weighted by Crippen LogP contribution is 2.32. The molecule has 2 atom stereocenters. The summed E-state index contributed by atoms with van der Waals surface area (Å²) in [4.78, 5) is 0. The van der Waals surface area contributed by atoms with Gasteiger partial charge in [-0.15, -0.1) is 0 Å². The molecule has 3 N–H and O–H groups in total. The van der Waals surface area contributed by atoms with Crippen molar-refractivity contribution in [1.29, 1.82) is 0 Å². The summed E-state index contributed by atoms with van der Waals surface area (Å²) in [6.07, 6.45) is -1.87. The molecule has 5 heteroatoms. The number of likely N-dealkylation sites (N-methyl/N-ethyl adjacent to an activating group) is 1. The molecule has 0 aliphatic heterocycles. The monoisotopic (exact) mass is 331 g/mol. The second-order valence-electron chi connectivity index (χ2n) is 5.48. The molecule has 0 aromatic heterocycles. The van der Waals surface area contributed by atoms with E-state index in [1.807, 2.05) is 37.3 Å². The van der Waals surface area contributed by atoms with Crippen molar-refractivity contribution >= 4 is 0 Å². The average Bonchev–Trinajstić information content (AvgIpc) is 2.61. The van der Waals surface area contributed by atoms with Crippen LogP contribution in [0.1, 0.15) is 24.2 Å². The minimum absolute atomic E-state index is 0.303. The van der Waals surface area contributed by atoms with Gasteiger partial charge < -0.3 is 25.0 Å². The third kappa shape index (κ3) is 4.96. The first-order valence-electron chi connectivity index (χ1n) is 8.10. The fourth-order valence-corrected chi connectivity index (χ4v) is 2.37. The lowest BCUT2D eigenvalue weighted by molar-refractivity contribution is 0.0200. The number of aliphatic hydroxyl groups excluding tert-OH is 2. The van der Waals surface area contributed by atoms with Gasteiger partial charge in [0.1, 0.15) is 12.7 Å². The van der Waals surface area contributed by atoms with Crippen LogP contribution in [0, 0.1) is 0 Å². The van der Waals surface area contributed by atoms with Crippen molar-refractivity contribution in [3.63, 3.8) is 0 Å². The Bertz CT molecular complexity index is 618. The van der Waals surface area contributed by atoms with Crippen LogP contribution < -0.4 is 14.8 Å². The van der Waals surface area contributed by atoms with Crippen LogP contribution in [-0.2, 0) is 6.61 Å². The second-order valence-corrected chi connectivity index (χ2v) is 5.48. The van der Waals surface area contributed by atoms with E-state index < -0.39 is 12.2 Å². The van der Waals surface area contributed by atoms with Crippen LogP contribution in [0.2, 0.25) is 0 Å². The van der Waals surface area contributed by atoms with E-state index in [2.05, 4.69) is 5.32 Å². The van der Waals surface area contributed by atoms with E-state index in [9.17, 15) is 10.2 Å². The summed E-state index contributed by atoms with van der Waals surface area (Å²) < 4.78 is 11.5. The summed E-state index contributed by atoms with van der Waals surface area (Å²) in [5.74, 6) is 1.17. The number of hydrogen-bond acceptors (Lipinski definition) is 5. The van der Waals surface area contributed by atoms with Crippen molar-refractivity contribution in [2.75, 3.05) is 20.2 Å². The predicted molar refractivity (Wildman–Crippen MR) is 93.3 cm³/mol. The van der Waals surface area contributed by atoms with E-state index in [1.165, 1.54) is 0 Å². The van der Waals surface area contributed by atoms with Crippen molar-refractivity contribution in [2.24, 2.45) is 0 Å². The Balaban J connectivity index is 2.13.